The Morgan fingerprint density at radius 2 is 1.71 bits per heavy atom. The van der Waals surface area contributed by atoms with E-state index in [0.29, 0.717) is 0 Å². The third-order valence-electron chi connectivity index (χ3n) is 3.49. The third kappa shape index (κ3) is 2.00. The minimum Gasteiger partial charge on any atom is -0.397 e. The molecule has 0 fully saturated rings. The van der Waals surface area contributed by atoms with Gasteiger partial charge < -0.3 is 10.3 Å². The first-order valence-electron chi connectivity index (χ1n) is 6.76. The van der Waals surface area contributed by atoms with Gasteiger partial charge in [0.25, 0.3) is 0 Å². The lowest BCUT2D eigenvalue weighted by Gasteiger charge is -2.23. The zero-order chi connectivity index (χ0) is 14.2. The Labute approximate surface area is 122 Å². The van der Waals surface area contributed by atoms with Crippen LogP contribution in [0.15, 0.2) is 84.6 Å². The highest BCUT2D eigenvalue weighted by molar-refractivity contribution is 5.53. The topological polar surface area (TPSA) is 49.5 Å². The van der Waals surface area contributed by atoms with Crippen molar-refractivity contribution < 1.29 is 0 Å². The maximum Gasteiger partial charge on any atom is 0.133 e. The minimum atomic E-state index is 0.722. The fourth-order valence-electron chi connectivity index (χ4n) is 2.49. The highest BCUT2D eigenvalue weighted by Gasteiger charge is 2.22. The first-order chi connectivity index (χ1) is 10.3. The van der Waals surface area contributed by atoms with E-state index in [1.165, 1.54) is 0 Å². The summed E-state index contributed by atoms with van der Waals surface area (Å²) in [4.78, 5) is 0. The summed E-state index contributed by atoms with van der Waals surface area (Å²) < 4.78 is 2.12. The standard InChI is InChI=1S/C16H15N5/c17-13-8-9-15-12-21(18-20(15)11-13)16-7-4-10-19(16)14-5-2-1-3-6-14/h1-12,18H,17H2. The fraction of sp³-hybridized carbons (Fsp3) is 0. The smallest absolute Gasteiger partial charge is 0.133 e. The maximum absolute atomic E-state index is 5.82. The number of hydrazine groups is 2. The molecule has 2 aromatic rings. The average Bonchev–Trinajstić information content (AvgIpc) is 3.13. The summed E-state index contributed by atoms with van der Waals surface area (Å²) in [6, 6.07) is 14.3. The second-order valence-electron chi connectivity index (χ2n) is 4.93. The molecule has 0 spiro atoms. The molecule has 3 heterocycles. The number of benzene rings is 1. The Bertz CT molecular complexity index is 754. The quantitative estimate of drug-likeness (QED) is 0.884. The molecule has 104 valence electrons. The van der Waals surface area contributed by atoms with Crippen LogP contribution in [0.1, 0.15) is 0 Å². The number of nitrogens with two attached hydrogens (primary N) is 1. The number of hydrogen-bond donors (Lipinski definition) is 2. The van der Waals surface area contributed by atoms with Crippen molar-refractivity contribution in [3.63, 3.8) is 0 Å². The van der Waals surface area contributed by atoms with E-state index in [4.69, 9.17) is 5.73 Å². The lowest BCUT2D eigenvalue weighted by atomic mass is 10.3. The molecule has 1 aromatic carbocycles. The van der Waals surface area contributed by atoms with Gasteiger partial charge in [0.05, 0.1) is 11.9 Å². The molecule has 2 aliphatic rings. The summed E-state index contributed by atoms with van der Waals surface area (Å²) in [7, 11) is 0. The molecule has 0 amide bonds. The van der Waals surface area contributed by atoms with Gasteiger partial charge in [0, 0.05) is 23.8 Å². The van der Waals surface area contributed by atoms with Gasteiger partial charge in [-0.1, -0.05) is 18.2 Å². The largest absolute Gasteiger partial charge is 0.397 e. The molecular weight excluding hydrogens is 262 g/mol. The molecule has 1 aromatic heterocycles. The summed E-state index contributed by atoms with van der Waals surface area (Å²) >= 11 is 0. The monoisotopic (exact) mass is 277 g/mol. The predicted octanol–water partition coefficient (Wildman–Crippen LogP) is 2.23. The molecule has 0 aliphatic carbocycles. The molecule has 0 radical (unpaired) electrons. The highest BCUT2D eigenvalue weighted by atomic mass is 15.8. The predicted molar refractivity (Wildman–Crippen MR) is 82.7 cm³/mol. The van der Waals surface area contributed by atoms with Gasteiger partial charge in [-0.25, -0.2) is 5.01 Å². The Morgan fingerprint density at radius 1 is 0.857 bits per heavy atom. The highest BCUT2D eigenvalue weighted by Crippen LogP contribution is 2.26. The number of allylic oxidation sites excluding steroid dienone is 2. The van der Waals surface area contributed by atoms with E-state index in [1.807, 2.05) is 65.0 Å². The summed E-state index contributed by atoms with van der Waals surface area (Å²) in [6.07, 6.45) is 9.82. The second-order valence-corrected chi connectivity index (χ2v) is 4.93. The van der Waals surface area contributed by atoms with Crippen LogP contribution in [0.25, 0.3) is 5.69 Å². The molecule has 4 rings (SSSR count). The van der Waals surface area contributed by atoms with Gasteiger partial charge in [-0.3, -0.25) is 5.01 Å². The van der Waals surface area contributed by atoms with Crippen LogP contribution in [0.3, 0.4) is 0 Å². The molecule has 0 saturated carbocycles. The number of hydrogen-bond acceptors (Lipinski definition) is 4. The fourth-order valence-corrected chi connectivity index (χ4v) is 2.49. The third-order valence-corrected chi connectivity index (χ3v) is 3.49. The molecule has 0 unspecified atom stereocenters. The summed E-state index contributed by atoms with van der Waals surface area (Å²) in [5.74, 6) is 1.03. The minimum absolute atomic E-state index is 0.722. The molecule has 0 saturated heterocycles. The van der Waals surface area contributed by atoms with E-state index >= 15 is 0 Å². The molecule has 5 heteroatoms. The maximum atomic E-state index is 5.82. The van der Waals surface area contributed by atoms with Crippen molar-refractivity contribution in [1.29, 1.82) is 0 Å². The number of para-hydroxylation sites is 1. The van der Waals surface area contributed by atoms with Crippen LogP contribution in [0, 0.1) is 0 Å². The molecule has 21 heavy (non-hydrogen) atoms. The van der Waals surface area contributed by atoms with Gasteiger partial charge in [0.1, 0.15) is 5.82 Å². The van der Waals surface area contributed by atoms with Crippen LogP contribution in [-0.2, 0) is 0 Å². The first kappa shape index (κ1) is 11.9. The van der Waals surface area contributed by atoms with Crippen molar-refractivity contribution >= 4 is 5.82 Å². The van der Waals surface area contributed by atoms with Crippen molar-refractivity contribution in [3.8, 4) is 5.69 Å². The summed E-state index contributed by atoms with van der Waals surface area (Å²) in [5.41, 5.74) is 12.0. The van der Waals surface area contributed by atoms with Crippen molar-refractivity contribution in [2.45, 2.75) is 0 Å². The first-order valence-corrected chi connectivity index (χ1v) is 6.76. The summed E-state index contributed by atoms with van der Waals surface area (Å²) in [5, 5.41) is 3.87. The second kappa shape index (κ2) is 4.57. The average molecular weight is 277 g/mol. The van der Waals surface area contributed by atoms with Gasteiger partial charge in [-0.2, -0.15) is 0 Å². The van der Waals surface area contributed by atoms with E-state index in [1.54, 1.807) is 0 Å². The van der Waals surface area contributed by atoms with E-state index in [0.717, 1.165) is 22.9 Å². The number of rotatable bonds is 2. The van der Waals surface area contributed by atoms with Gasteiger partial charge in [0.2, 0.25) is 0 Å². The van der Waals surface area contributed by atoms with Gasteiger partial charge in [-0.05, 0) is 36.4 Å². The Morgan fingerprint density at radius 3 is 2.57 bits per heavy atom. The van der Waals surface area contributed by atoms with Crippen LogP contribution in [0.5, 0.6) is 0 Å². The summed E-state index contributed by atoms with van der Waals surface area (Å²) in [6.45, 7) is 0. The molecule has 0 atom stereocenters. The van der Waals surface area contributed by atoms with Gasteiger partial charge >= 0.3 is 0 Å². The van der Waals surface area contributed by atoms with Crippen LogP contribution in [0.2, 0.25) is 0 Å². The van der Waals surface area contributed by atoms with Crippen LogP contribution in [0.4, 0.5) is 5.82 Å². The molecule has 5 nitrogen and oxygen atoms in total. The number of anilines is 1. The number of nitrogens with one attached hydrogen (secondary N) is 1. The Kier molecular flexibility index (Phi) is 2.58. The van der Waals surface area contributed by atoms with Crippen LogP contribution < -0.4 is 16.3 Å². The van der Waals surface area contributed by atoms with E-state index in [9.17, 15) is 0 Å². The number of fused-ring (bicyclic) bond motifs is 1. The van der Waals surface area contributed by atoms with Crippen LogP contribution >= 0.6 is 0 Å². The number of aromatic nitrogens is 1. The molecular formula is C16H15N5. The molecule has 0 bridgehead atoms. The van der Waals surface area contributed by atoms with Gasteiger partial charge in [-0.15, -0.1) is 5.53 Å². The zero-order valence-electron chi connectivity index (χ0n) is 11.3. The van der Waals surface area contributed by atoms with Crippen molar-refractivity contribution in [2.24, 2.45) is 5.73 Å². The van der Waals surface area contributed by atoms with Gasteiger partial charge in [0.15, 0.2) is 0 Å². The van der Waals surface area contributed by atoms with Crippen LogP contribution in [-0.4, -0.2) is 9.58 Å². The van der Waals surface area contributed by atoms with E-state index < -0.39 is 0 Å². The Hall–Kier alpha value is -2.92. The van der Waals surface area contributed by atoms with E-state index in [2.05, 4.69) is 28.3 Å². The van der Waals surface area contributed by atoms with Crippen molar-refractivity contribution in [3.05, 3.63) is 84.6 Å². The molecule has 3 N–H and O–H groups in total. The van der Waals surface area contributed by atoms with Crippen molar-refractivity contribution in [1.82, 2.24) is 15.1 Å². The molecule has 2 aliphatic heterocycles. The lowest BCUT2D eigenvalue weighted by Crippen LogP contribution is -2.39. The van der Waals surface area contributed by atoms with Crippen molar-refractivity contribution in [2.75, 3.05) is 5.01 Å². The lowest BCUT2D eigenvalue weighted by molar-refractivity contribution is 0.375. The SMILES string of the molecule is NC1=CN2NN(c3cccn3-c3ccccc3)C=C2C=C1. The Balaban J connectivity index is 1.70. The number of nitrogens with zero attached hydrogens (tertiary/aromatic N) is 3. The van der Waals surface area contributed by atoms with E-state index in [-0.39, 0.29) is 0 Å². The zero-order valence-corrected chi connectivity index (χ0v) is 11.3. The normalized spacial score (nSPS) is 16.8.